The number of rotatable bonds is 10. The predicted molar refractivity (Wildman–Crippen MR) is 166 cm³/mol. The minimum absolute atomic E-state index is 0.00334. The van der Waals surface area contributed by atoms with Gasteiger partial charge in [-0.2, -0.15) is 0 Å². The number of pyridine rings is 1. The van der Waals surface area contributed by atoms with E-state index in [0.29, 0.717) is 31.6 Å². The number of carbonyl (C=O) groups excluding carboxylic acids is 3. The van der Waals surface area contributed by atoms with Crippen molar-refractivity contribution >= 4 is 33.6 Å². The van der Waals surface area contributed by atoms with Crippen LogP contribution in [0.15, 0.2) is 77.8 Å². The lowest BCUT2D eigenvalue weighted by atomic mass is 9.90. The third-order valence-corrected chi connectivity index (χ3v) is 8.88. The second kappa shape index (κ2) is 14.6. The molecule has 1 atom stereocenters. The molecule has 0 spiro atoms. The average Bonchev–Trinajstić information content (AvgIpc) is 3.00. The fourth-order valence-electron chi connectivity index (χ4n) is 4.88. The number of piperidine rings is 1. The molecule has 11 nitrogen and oxygen atoms in total. The van der Waals surface area contributed by atoms with Crippen LogP contribution in [0.25, 0.3) is 0 Å². The Hall–Kier alpha value is -4.36. The molecule has 1 saturated heterocycles. The molecule has 2 aromatic carbocycles. The Morgan fingerprint density at radius 1 is 1.00 bits per heavy atom. The minimum Gasteiger partial charge on any atom is -0.445 e. The SMILES string of the molecule is CC(C)(C)NS(=O)(=O)c1ccc(NC(=O)[C@H](CC2CCN(C(=O)OCc3ccccc3)CC2)NC(=O)c2ccc(F)cn2)cc1. The van der Waals surface area contributed by atoms with Crippen LogP contribution in [0.2, 0.25) is 0 Å². The molecule has 1 aliphatic rings. The summed E-state index contributed by atoms with van der Waals surface area (Å²) in [5.74, 6) is -1.76. The third-order valence-electron chi connectivity index (χ3n) is 7.10. The van der Waals surface area contributed by atoms with Gasteiger partial charge in [-0.3, -0.25) is 9.59 Å². The van der Waals surface area contributed by atoms with Gasteiger partial charge in [0.25, 0.3) is 5.91 Å². The van der Waals surface area contributed by atoms with E-state index in [1.807, 2.05) is 30.3 Å². The first kappa shape index (κ1) is 33.5. The number of nitrogens with zero attached hydrogens (tertiary/aromatic N) is 2. The highest BCUT2D eigenvalue weighted by Crippen LogP contribution is 2.24. The molecule has 2 heterocycles. The Kier molecular flexibility index (Phi) is 10.9. The summed E-state index contributed by atoms with van der Waals surface area (Å²) in [4.78, 5) is 44.5. The van der Waals surface area contributed by atoms with E-state index in [-0.39, 0.29) is 29.5 Å². The summed E-state index contributed by atoms with van der Waals surface area (Å²) in [5.41, 5.74) is 0.504. The van der Waals surface area contributed by atoms with E-state index in [1.165, 1.54) is 30.3 Å². The lowest BCUT2D eigenvalue weighted by molar-refractivity contribution is -0.118. The van der Waals surface area contributed by atoms with Gasteiger partial charge in [0.05, 0.1) is 11.1 Å². The predicted octanol–water partition coefficient (Wildman–Crippen LogP) is 4.47. The van der Waals surface area contributed by atoms with Crippen molar-refractivity contribution in [1.29, 1.82) is 0 Å². The topological polar surface area (TPSA) is 147 Å². The largest absolute Gasteiger partial charge is 0.445 e. The molecule has 240 valence electrons. The molecule has 3 amide bonds. The highest BCUT2D eigenvalue weighted by Gasteiger charge is 2.30. The molecule has 0 radical (unpaired) electrons. The number of anilines is 1. The van der Waals surface area contributed by atoms with Crippen molar-refractivity contribution in [2.24, 2.45) is 5.92 Å². The fraction of sp³-hybridized carbons (Fsp3) is 0.375. The average molecular weight is 640 g/mol. The maximum atomic E-state index is 13.4. The van der Waals surface area contributed by atoms with Gasteiger partial charge in [-0.05, 0) is 87.9 Å². The molecule has 3 N–H and O–H groups in total. The Labute approximate surface area is 262 Å². The summed E-state index contributed by atoms with van der Waals surface area (Å²) in [6.45, 7) is 6.23. The number of hydrogen-bond donors (Lipinski definition) is 3. The lowest BCUT2D eigenvalue weighted by Gasteiger charge is -2.33. The standard InChI is InChI=1S/C32H38FN5O6S/c1-32(2,3)37-45(42,43)26-12-10-25(11-13-26)35-30(40)28(36-29(39)27-14-9-24(33)20-34-27)19-22-15-17-38(18-16-22)31(41)44-21-23-7-5-4-6-8-23/h4-14,20,22,28,37H,15-19,21H2,1-3H3,(H,35,40)(H,36,39)/t28-/m0/s1. The number of aromatic nitrogens is 1. The summed E-state index contributed by atoms with van der Waals surface area (Å²) < 4.78 is 46.7. The second-order valence-corrected chi connectivity index (χ2v) is 13.6. The molecule has 3 aromatic rings. The number of benzene rings is 2. The van der Waals surface area contributed by atoms with Gasteiger partial charge in [0.2, 0.25) is 15.9 Å². The Morgan fingerprint density at radius 3 is 2.27 bits per heavy atom. The molecule has 13 heteroatoms. The van der Waals surface area contributed by atoms with E-state index in [1.54, 1.807) is 25.7 Å². The maximum absolute atomic E-state index is 13.4. The Morgan fingerprint density at radius 2 is 1.67 bits per heavy atom. The second-order valence-electron chi connectivity index (χ2n) is 12.0. The number of ether oxygens (including phenoxy) is 1. The van der Waals surface area contributed by atoms with Crippen LogP contribution in [-0.2, 0) is 26.2 Å². The quantitative estimate of drug-likeness (QED) is 0.297. The van der Waals surface area contributed by atoms with E-state index in [9.17, 15) is 27.2 Å². The summed E-state index contributed by atoms with van der Waals surface area (Å²) >= 11 is 0. The summed E-state index contributed by atoms with van der Waals surface area (Å²) in [6, 6.07) is 16.4. The van der Waals surface area contributed by atoms with Gasteiger partial charge >= 0.3 is 6.09 Å². The van der Waals surface area contributed by atoms with E-state index in [4.69, 9.17) is 4.74 Å². The van der Waals surface area contributed by atoms with Crippen molar-refractivity contribution < 1.29 is 31.9 Å². The van der Waals surface area contributed by atoms with Crippen LogP contribution in [0.3, 0.4) is 0 Å². The molecule has 0 saturated carbocycles. The van der Waals surface area contributed by atoms with Crippen molar-refractivity contribution in [2.45, 2.75) is 63.1 Å². The molecule has 45 heavy (non-hydrogen) atoms. The minimum atomic E-state index is -3.77. The molecule has 0 unspecified atom stereocenters. The van der Waals surface area contributed by atoms with Crippen LogP contribution in [0.4, 0.5) is 14.9 Å². The first-order valence-corrected chi connectivity index (χ1v) is 16.1. The van der Waals surface area contributed by atoms with Crippen LogP contribution in [0.1, 0.15) is 56.1 Å². The van der Waals surface area contributed by atoms with Crippen LogP contribution in [0.5, 0.6) is 0 Å². The molecule has 0 bridgehead atoms. The number of amides is 3. The summed E-state index contributed by atoms with van der Waals surface area (Å²) in [7, 11) is -3.77. The van der Waals surface area contributed by atoms with Gasteiger partial charge in [0.15, 0.2) is 0 Å². The zero-order valence-electron chi connectivity index (χ0n) is 25.5. The third kappa shape index (κ3) is 10.1. The molecule has 1 aromatic heterocycles. The number of likely N-dealkylation sites (tertiary alicyclic amines) is 1. The maximum Gasteiger partial charge on any atom is 0.410 e. The van der Waals surface area contributed by atoms with Crippen molar-refractivity contribution in [3.63, 3.8) is 0 Å². The monoisotopic (exact) mass is 639 g/mol. The van der Waals surface area contributed by atoms with Crippen molar-refractivity contribution in [3.05, 3.63) is 90.0 Å². The number of nitrogens with one attached hydrogen (secondary N) is 3. The summed E-state index contributed by atoms with van der Waals surface area (Å²) in [5, 5.41) is 5.46. The van der Waals surface area contributed by atoms with Gasteiger partial charge in [0.1, 0.15) is 24.2 Å². The number of carbonyl (C=O) groups is 3. The number of sulfonamides is 1. The Balaban J connectivity index is 1.40. The van der Waals surface area contributed by atoms with Gasteiger partial charge in [-0.15, -0.1) is 0 Å². The van der Waals surface area contributed by atoms with Crippen LogP contribution in [-0.4, -0.2) is 60.9 Å². The normalized spacial score (nSPS) is 14.8. The fourth-order valence-corrected chi connectivity index (χ4v) is 6.30. The highest BCUT2D eigenvalue weighted by molar-refractivity contribution is 7.89. The zero-order valence-corrected chi connectivity index (χ0v) is 26.3. The van der Waals surface area contributed by atoms with Crippen LogP contribution in [0, 0.1) is 11.7 Å². The van der Waals surface area contributed by atoms with E-state index in [2.05, 4.69) is 20.3 Å². The highest BCUT2D eigenvalue weighted by atomic mass is 32.2. The molecular formula is C32H38FN5O6S. The first-order chi connectivity index (χ1) is 21.3. The number of halogens is 1. The summed E-state index contributed by atoms with van der Waals surface area (Å²) in [6.07, 6.45) is 1.95. The van der Waals surface area contributed by atoms with E-state index < -0.39 is 45.3 Å². The number of hydrogen-bond acceptors (Lipinski definition) is 7. The van der Waals surface area contributed by atoms with Gasteiger partial charge in [0, 0.05) is 24.3 Å². The van der Waals surface area contributed by atoms with Crippen molar-refractivity contribution in [2.75, 3.05) is 18.4 Å². The van der Waals surface area contributed by atoms with E-state index >= 15 is 0 Å². The molecular weight excluding hydrogens is 601 g/mol. The van der Waals surface area contributed by atoms with Crippen molar-refractivity contribution in [1.82, 2.24) is 19.9 Å². The van der Waals surface area contributed by atoms with Crippen molar-refractivity contribution in [3.8, 4) is 0 Å². The van der Waals surface area contributed by atoms with Crippen LogP contribution >= 0.6 is 0 Å². The smallest absolute Gasteiger partial charge is 0.410 e. The van der Waals surface area contributed by atoms with Gasteiger partial charge in [-0.1, -0.05) is 30.3 Å². The first-order valence-electron chi connectivity index (χ1n) is 14.6. The lowest BCUT2D eigenvalue weighted by Crippen LogP contribution is -2.47. The molecule has 1 fully saturated rings. The zero-order chi connectivity index (χ0) is 32.6. The molecule has 1 aliphatic heterocycles. The van der Waals surface area contributed by atoms with Gasteiger partial charge in [-0.25, -0.2) is 27.3 Å². The molecule has 4 rings (SSSR count). The molecule has 0 aliphatic carbocycles. The Bertz CT molecular complexity index is 1570. The van der Waals surface area contributed by atoms with Gasteiger partial charge < -0.3 is 20.3 Å². The van der Waals surface area contributed by atoms with E-state index in [0.717, 1.165) is 17.8 Å². The van der Waals surface area contributed by atoms with Crippen LogP contribution < -0.4 is 15.4 Å².